The number of nitrogens with zero attached hydrogens (tertiary/aromatic N) is 8. The summed E-state index contributed by atoms with van der Waals surface area (Å²) in [5.74, 6) is -9.33. The molecule has 0 bridgehead atoms. The number of carboxylic acid groups (broad SMARTS) is 5. The molecule has 0 saturated carbocycles. The van der Waals surface area contributed by atoms with Gasteiger partial charge in [-0.2, -0.15) is 78.2 Å². The van der Waals surface area contributed by atoms with E-state index in [9.17, 15) is 91.6 Å². The summed E-state index contributed by atoms with van der Waals surface area (Å²) in [6.45, 7) is -2.02. The maximum Gasteiger partial charge on any atom is 0.451 e. The quantitative estimate of drug-likeness (QED) is 0.0162. The lowest BCUT2D eigenvalue weighted by Gasteiger charge is -2.25. The van der Waals surface area contributed by atoms with Gasteiger partial charge in [-0.05, 0) is 106 Å². The first-order valence-corrected chi connectivity index (χ1v) is 46.6. The first-order chi connectivity index (χ1) is 58.7. The fourth-order valence-electron chi connectivity index (χ4n) is 14.6. The first-order valence-electron chi connectivity index (χ1n) is 39.4. The molecule has 59 heteroatoms. The zero-order valence-corrected chi connectivity index (χ0v) is 72.3. The molecule has 10 atom stereocenters. The number of para-hydroxylation sites is 1. The Labute approximate surface area is 730 Å². The number of benzene rings is 2. The van der Waals surface area contributed by atoms with Crippen molar-refractivity contribution in [3.63, 3.8) is 0 Å². The molecule has 8 heterocycles. The van der Waals surface area contributed by atoms with Crippen LogP contribution in [0.25, 0.3) is 0 Å². The fraction of sp³-hybridized carbons (Fsp3) is 0.552. The van der Waals surface area contributed by atoms with Crippen LogP contribution in [-0.4, -0.2) is 318 Å². The number of pyridine rings is 2. The molecule has 5 saturated heterocycles. The maximum absolute atomic E-state index is 12.5. The zero-order valence-electron chi connectivity index (χ0n) is 68.3. The minimum Gasteiger partial charge on any atom is -0.480 e. The van der Waals surface area contributed by atoms with Gasteiger partial charge in [-0.25, -0.2) is 4.98 Å². The summed E-state index contributed by atoms with van der Waals surface area (Å²) in [5, 5.41) is 142. The summed E-state index contributed by atoms with van der Waals surface area (Å²) in [4.78, 5) is 65.8. The topological polar surface area (TPSA) is 820 Å². The molecule has 126 heavy (non-hydrogen) atoms. The van der Waals surface area contributed by atoms with Gasteiger partial charge in [-0.3, -0.25) is 48.2 Å². The van der Waals surface area contributed by atoms with Crippen LogP contribution in [0.15, 0.2) is 122 Å². The second kappa shape index (κ2) is 46.9. The van der Waals surface area contributed by atoms with E-state index in [2.05, 4.69) is 43.8 Å². The van der Waals surface area contributed by atoms with Gasteiger partial charge in [0.05, 0.1) is 18.4 Å². The van der Waals surface area contributed by atoms with E-state index >= 15 is 0 Å². The normalized spacial score (nSPS) is 24.2. The Kier molecular flexibility index (Phi) is 39.7. The van der Waals surface area contributed by atoms with Crippen LogP contribution < -0.4 is 52.3 Å². The Bertz CT molecular complexity index is 4670. The molecular formula is C67H110B5N19O30S5. The lowest BCUT2D eigenvalue weighted by Crippen LogP contribution is -2.55. The second-order valence-electron chi connectivity index (χ2n) is 31.1. The molecular weight excluding hydrogens is 1770 g/mol. The molecule has 5 aliphatic heterocycles. The third-order valence-electron chi connectivity index (χ3n) is 21.8. The van der Waals surface area contributed by atoms with Crippen molar-refractivity contribution < 1.29 is 142 Å². The predicted octanol–water partition coefficient (Wildman–Crippen LogP) is -6.58. The number of rotatable bonds is 42. The Balaban J connectivity index is 0.000000243. The third kappa shape index (κ3) is 30.8. The van der Waals surface area contributed by atoms with Gasteiger partial charge in [-0.1, -0.05) is 92.8 Å². The summed E-state index contributed by atoms with van der Waals surface area (Å²) in [7, 11) is -27.2. The van der Waals surface area contributed by atoms with Gasteiger partial charge in [0.25, 0.3) is 20.4 Å². The molecule has 0 aliphatic carbocycles. The van der Waals surface area contributed by atoms with Gasteiger partial charge in [0.15, 0.2) is 0 Å². The highest BCUT2D eigenvalue weighted by Gasteiger charge is 2.57. The van der Waals surface area contributed by atoms with Crippen LogP contribution in [0.3, 0.4) is 0 Å². The number of H-pyrrole nitrogens is 1. The molecule has 5 aromatic rings. The molecule has 10 rings (SSSR count). The average molecular weight is 1880 g/mol. The molecule has 0 unspecified atom stereocenters. The second-order valence-corrected chi connectivity index (χ2v) is 39.6. The highest BCUT2D eigenvalue weighted by atomic mass is 32.2. The van der Waals surface area contributed by atoms with Crippen LogP contribution in [0.5, 0.6) is 0 Å². The summed E-state index contributed by atoms with van der Waals surface area (Å²) in [6.07, 6.45) is 7.64. The van der Waals surface area contributed by atoms with E-state index < -0.39 is 174 Å². The number of carbonyl (C=O) groups is 5. The molecule has 0 radical (unpaired) electrons. The minimum atomic E-state index is -4.01. The average Bonchev–Trinajstić information content (AvgIpc) is 1.65. The van der Waals surface area contributed by atoms with Gasteiger partial charge in [-0.15, -0.1) is 0 Å². The minimum absolute atomic E-state index is 0.0221. The smallest absolute Gasteiger partial charge is 0.451 e. The van der Waals surface area contributed by atoms with Crippen molar-refractivity contribution in [2.45, 2.75) is 137 Å². The number of hydrogen-bond acceptors (Lipinski definition) is 33. The van der Waals surface area contributed by atoms with Crippen LogP contribution in [-0.2, 0) is 88.1 Å². The van der Waals surface area contributed by atoms with E-state index in [1.165, 1.54) is 24.5 Å². The number of nitrogens with two attached hydrogens (primary N) is 5. The standard InChI is InChI=1S/C15H24BN3O6S.C14H23BN4O6S.C14H22BN3O6S.C13H21BN4O6S.C11H20BN5O6S/c17-15(14(20)21)11-19(10-13(15)7-4-8-16(22)23)26(24,25)18-9-12-5-2-1-3-6-12;16-14(13(20)21)10-19(9-11(14)4-3-6-15(22)23)26(24,25)18-8-12-5-1-2-7-17-12;16-14(13(19)20)10-18(9-11(14)5-4-8-15(21)22)25(23,24)17-12-6-2-1-3-7-12;15-13(12(19)20)9-18(8-10(13)4-3-6-14(21)22)25(23,24)17-11-5-1-2-7-16-11;13-11(10(18)19)7-17(6-8(11)2-1-4-12(20)21)24(22,23)16-9-3-5-14-15-9/h1-3,5-6,13,18,22-23H,4,7-11,17H2,(H,20,21);1-2,5,7,11,18,22-23H,3-4,6,8-10,16H2,(H,20,21);1-3,6-7,11,17,21-22H,4-5,8-10,16H2,(H,19,20);1-2,5,7,10,21-22H,3-4,6,8-9,15H2,(H,16,17)(H,19,20);3,5,8,20-21H,1-2,4,6-7,13H2,(H,18,19)(H2,14,15,16)/t13-,15-;2*11-,14-;10-,13-;8-,11-/m00000/s1. The number of carboxylic acids is 5. The van der Waals surface area contributed by atoms with Crippen LogP contribution >= 0.6 is 0 Å². The van der Waals surface area contributed by atoms with Crippen molar-refractivity contribution in [1.82, 2.24) is 51.1 Å². The van der Waals surface area contributed by atoms with Gasteiger partial charge in [0.2, 0.25) is 0 Å². The molecule has 49 nitrogen and oxygen atoms in total. The van der Waals surface area contributed by atoms with Crippen molar-refractivity contribution in [2.24, 2.45) is 58.3 Å². The molecule has 698 valence electrons. The van der Waals surface area contributed by atoms with Crippen molar-refractivity contribution in [1.29, 1.82) is 0 Å². The van der Waals surface area contributed by atoms with E-state index in [-0.39, 0.29) is 154 Å². The molecule has 0 spiro atoms. The SMILES string of the molecule is N[C@@]1(C(=O)O)CN(S(=O)(=O)NCc2ccccc2)C[C@@H]1CCCB(O)O.N[C@@]1(C(=O)O)CN(S(=O)(=O)NCc2ccccn2)C[C@@H]1CCCB(O)O.N[C@@]1(C(=O)O)CN(S(=O)(=O)Nc2ccccc2)C[C@@H]1CCCB(O)O.N[C@@]1(C(=O)O)CN(S(=O)(=O)Nc2ccccn2)C[C@@H]1CCCB(O)O.N[C@@]1(C(=O)O)CN(S(=O)(=O)Nc2ccn[nH]2)C[C@@H]1CCCB(O)O. The van der Waals surface area contributed by atoms with Crippen LogP contribution in [0.1, 0.15) is 75.5 Å². The van der Waals surface area contributed by atoms with Gasteiger partial charge >= 0.3 is 96.1 Å². The lowest BCUT2D eigenvalue weighted by molar-refractivity contribution is -0.145. The summed E-state index contributed by atoms with van der Waals surface area (Å²) in [5.41, 5.74) is 22.9. The fourth-order valence-corrected chi connectivity index (χ4v) is 21.0. The Morgan fingerprint density at radius 1 is 0.365 bits per heavy atom. The molecule has 0 amide bonds. The van der Waals surface area contributed by atoms with Crippen molar-refractivity contribution in [2.75, 3.05) is 79.6 Å². The van der Waals surface area contributed by atoms with Gasteiger partial charge in [0.1, 0.15) is 39.3 Å². The van der Waals surface area contributed by atoms with E-state index in [1.807, 2.05) is 6.07 Å². The van der Waals surface area contributed by atoms with Crippen molar-refractivity contribution >= 4 is 134 Å². The molecule has 5 aliphatic rings. The van der Waals surface area contributed by atoms with Crippen LogP contribution in [0.4, 0.5) is 17.3 Å². The number of nitrogens with one attached hydrogen (secondary N) is 6. The van der Waals surface area contributed by atoms with Crippen LogP contribution in [0, 0.1) is 29.6 Å². The summed E-state index contributed by atoms with van der Waals surface area (Å²) < 4.78 is 142. The first kappa shape index (κ1) is 107. The largest absolute Gasteiger partial charge is 0.480 e. The highest BCUT2D eigenvalue weighted by molar-refractivity contribution is 7.91. The number of aromatic amines is 1. The summed E-state index contributed by atoms with van der Waals surface area (Å²) >= 11 is 0. The summed E-state index contributed by atoms with van der Waals surface area (Å²) in [6, 6.07) is 28.5. The Morgan fingerprint density at radius 2 is 0.659 bits per heavy atom. The molecule has 3 aromatic heterocycles. The van der Waals surface area contributed by atoms with Crippen molar-refractivity contribution in [3.8, 4) is 0 Å². The van der Waals surface area contributed by atoms with E-state index in [4.69, 9.17) is 78.9 Å². The van der Waals surface area contributed by atoms with E-state index in [0.717, 1.165) is 27.1 Å². The Hall–Kier alpha value is -8.11. The van der Waals surface area contributed by atoms with E-state index in [0.29, 0.717) is 43.5 Å². The molecule has 2 aromatic carbocycles. The van der Waals surface area contributed by atoms with Gasteiger partial charge in [0, 0.05) is 126 Å². The number of aromatic nitrogens is 4. The Morgan fingerprint density at radius 3 is 0.952 bits per heavy atom. The van der Waals surface area contributed by atoms with Gasteiger partial charge < -0.3 is 104 Å². The maximum atomic E-state index is 12.5. The zero-order chi connectivity index (χ0) is 94.0. The molecule has 31 N–H and O–H groups in total. The predicted molar refractivity (Wildman–Crippen MR) is 458 cm³/mol. The lowest BCUT2D eigenvalue weighted by atomic mass is 9.78. The monoisotopic (exact) mass is 1880 g/mol. The third-order valence-corrected chi connectivity index (χ3v) is 29.1. The number of hydrogen-bond donors (Lipinski definition) is 26. The number of anilines is 3. The molecule has 5 fully saturated rings. The van der Waals surface area contributed by atoms with Crippen LogP contribution in [0.2, 0.25) is 31.6 Å². The highest BCUT2D eigenvalue weighted by Crippen LogP contribution is 2.38. The van der Waals surface area contributed by atoms with E-state index in [1.54, 1.807) is 91.1 Å². The number of aliphatic carboxylic acids is 5. The van der Waals surface area contributed by atoms with Crippen molar-refractivity contribution in [3.05, 3.63) is 133 Å².